The summed E-state index contributed by atoms with van der Waals surface area (Å²) < 4.78 is 1.97. The quantitative estimate of drug-likeness (QED) is 0.895. The van der Waals surface area contributed by atoms with E-state index in [9.17, 15) is 4.79 Å². The normalized spacial score (nSPS) is 12.0. The van der Waals surface area contributed by atoms with Gasteiger partial charge >= 0.3 is 0 Å². The lowest BCUT2D eigenvalue weighted by Gasteiger charge is -2.24. The average molecular weight is 259 g/mol. The maximum absolute atomic E-state index is 12.3. The van der Waals surface area contributed by atoms with E-state index in [1.54, 1.807) is 0 Å². The summed E-state index contributed by atoms with van der Waals surface area (Å²) in [7, 11) is 1.94. The van der Waals surface area contributed by atoms with Crippen LogP contribution in [0.5, 0.6) is 0 Å². The van der Waals surface area contributed by atoms with Gasteiger partial charge in [0, 0.05) is 7.05 Å². The summed E-state index contributed by atoms with van der Waals surface area (Å²) in [6.07, 6.45) is 1.61. The molecule has 0 fully saturated rings. The Bertz CT molecular complexity index is 596. The third-order valence-corrected chi connectivity index (χ3v) is 4.02. The van der Waals surface area contributed by atoms with Gasteiger partial charge in [0.15, 0.2) is 5.78 Å². The molecule has 0 aliphatic rings. The second kappa shape index (κ2) is 5.13. The monoisotopic (exact) mass is 259 g/mol. The van der Waals surface area contributed by atoms with Gasteiger partial charge in [0.2, 0.25) is 0 Å². The highest BCUT2D eigenvalue weighted by atomic mass is 16.1. The van der Waals surface area contributed by atoms with Crippen LogP contribution in [0.4, 0.5) is 0 Å². The highest BCUT2D eigenvalue weighted by molar-refractivity contribution is 5.90. The molecule has 2 rings (SSSR count). The van der Waals surface area contributed by atoms with Crippen LogP contribution in [0.2, 0.25) is 0 Å². The predicted octanol–water partition coefficient (Wildman–Crippen LogP) is 2.20. The molecule has 2 aromatic rings. The maximum Gasteiger partial charge on any atom is 0.160 e. The van der Waals surface area contributed by atoms with Crippen LogP contribution in [-0.2, 0) is 18.3 Å². The number of rotatable bonds is 5. The van der Waals surface area contributed by atoms with Gasteiger partial charge in [-0.3, -0.25) is 4.79 Å². The van der Waals surface area contributed by atoms with E-state index in [0.717, 1.165) is 16.9 Å². The number of ketones is 1. The molecular weight excluding hydrogens is 238 g/mol. The van der Waals surface area contributed by atoms with E-state index in [1.165, 1.54) is 0 Å². The smallest absolute Gasteiger partial charge is 0.160 e. The molecular formula is C15H21N3O. The molecule has 102 valence electrons. The summed E-state index contributed by atoms with van der Waals surface area (Å²) in [4.78, 5) is 16.9. The molecule has 1 heterocycles. The summed E-state index contributed by atoms with van der Waals surface area (Å²) >= 11 is 0. The number of nitrogens with zero attached hydrogens (tertiary/aromatic N) is 2. The number of carbonyl (C=O) groups excluding carboxylic acids is 1. The lowest BCUT2D eigenvalue weighted by atomic mass is 9.87. The maximum atomic E-state index is 12.3. The molecule has 0 radical (unpaired) electrons. The molecule has 1 aromatic heterocycles. The Morgan fingerprint density at radius 1 is 1.32 bits per heavy atom. The molecule has 0 aliphatic heterocycles. The third-order valence-electron chi connectivity index (χ3n) is 4.02. The minimum atomic E-state index is -0.724. The molecule has 0 amide bonds. The van der Waals surface area contributed by atoms with Gasteiger partial charge in [0.05, 0.1) is 23.0 Å². The van der Waals surface area contributed by atoms with E-state index < -0.39 is 5.54 Å². The van der Waals surface area contributed by atoms with E-state index in [1.807, 2.05) is 49.7 Å². The van der Waals surface area contributed by atoms with Gasteiger partial charge in [0.25, 0.3) is 0 Å². The second-order valence-corrected chi connectivity index (χ2v) is 5.04. The highest BCUT2D eigenvalue weighted by Crippen LogP contribution is 2.19. The van der Waals surface area contributed by atoms with E-state index in [4.69, 9.17) is 5.73 Å². The predicted molar refractivity (Wildman–Crippen MR) is 76.9 cm³/mol. The number of hydrogen-bond donors (Lipinski definition) is 1. The van der Waals surface area contributed by atoms with E-state index in [-0.39, 0.29) is 5.78 Å². The van der Waals surface area contributed by atoms with Crippen molar-refractivity contribution in [1.29, 1.82) is 0 Å². The molecule has 4 nitrogen and oxygen atoms in total. The third kappa shape index (κ3) is 2.40. The van der Waals surface area contributed by atoms with Gasteiger partial charge in [-0.15, -0.1) is 0 Å². The van der Waals surface area contributed by atoms with Crippen molar-refractivity contribution in [3.05, 3.63) is 30.1 Å². The van der Waals surface area contributed by atoms with Gasteiger partial charge in [-0.2, -0.15) is 0 Å². The SMILES string of the molecule is CCC(N)(CC)C(=O)Cc1nc2ccccc2n1C. The Morgan fingerprint density at radius 3 is 2.53 bits per heavy atom. The van der Waals surface area contributed by atoms with Crippen LogP contribution in [0.1, 0.15) is 32.5 Å². The van der Waals surface area contributed by atoms with E-state index >= 15 is 0 Å². The van der Waals surface area contributed by atoms with Gasteiger partial charge in [-0.1, -0.05) is 26.0 Å². The Morgan fingerprint density at radius 2 is 1.95 bits per heavy atom. The minimum Gasteiger partial charge on any atom is -0.331 e. The van der Waals surface area contributed by atoms with E-state index in [2.05, 4.69) is 4.98 Å². The lowest BCUT2D eigenvalue weighted by molar-refractivity contribution is -0.123. The van der Waals surface area contributed by atoms with E-state index in [0.29, 0.717) is 19.3 Å². The zero-order valence-electron chi connectivity index (χ0n) is 11.8. The van der Waals surface area contributed by atoms with Crippen molar-refractivity contribution in [3.63, 3.8) is 0 Å². The number of aromatic nitrogens is 2. The van der Waals surface area contributed by atoms with Crippen molar-refractivity contribution < 1.29 is 4.79 Å². The number of Topliss-reactive ketones (excluding diaryl/α,β-unsaturated/α-hetero) is 1. The first-order chi connectivity index (χ1) is 9.01. The highest BCUT2D eigenvalue weighted by Gasteiger charge is 2.30. The Hall–Kier alpha value is -1.68. The topological polar surface area (TPSA) is 60.9 Å². The fraction of sp³-hybridized carbons (Fsp3) is 0.467. The fourth-order valence-corrected chi connectivity index (χ4v) is 2.32. The van der Waals surface area contributed by atoms with Crippen LogP contribution < -0.4 is 5.73 Å². The molecule has 0 bridgehead atoms. The van der Waals surface area contributed by atoms with Crippen molar-refractivity contribution in [1.82, 2.24) is 9.55 Å². The van der Waals surface area contributed by atoms with Crippen LogP contribution in [0.25, 0.3) is 11.0 Å². The first-order valence-corrected chi connectivity index (χ1v) is 6.74. The first kappa shape index (κ1) is 13.7. The van der Waals surface area contributed by atoms with Crippen LogP contribution in [0.3, 0.4) is 0 Å². The number of imidazole rings is 1. The number of para-hydroxylation sites is 2. The van der Waals surface area contributed by atoms with Gasteiger partial charge < -0.3 is 10.3 Å². The average Bonchev–Trinajstić information content (AvgIpc) is 2.75. The van der Waals surface area contributed by atoms with Gasteiger partial charge in [-0.25, -0.2) is 4.98 Å². The standard InChI is InChI=1S/C15H21N3O/c1-4-15(16,5-2)13(19)10-14-17-11-8-6-7-9-12(11)18(14)3/h6-9H,4-5,10,16H2,1-3H3. The molecule has 19 heavy (non-hydrogen) atoms. The first-order valence-electron chi connectivity index (χ1n) is 6.74. The van der Waals surface area contributed by atoms with Gasteiger partial charge in [-0.05, 0) is 25.0 Å². The molecule has 4 heteroatoms. The van der Waals surface area contributed by atoms with Crippen molar-refractivity contribution in [2.45, 2.75) is 38.6 Å². The van der Waals surface area contributed by atoms with Crippen LogP contribution in [0.15, 0.2) is 24.3 Å². The molecule has 0 saturated heterocycles. The molecule has 0 unspecified atom stereocenters. The Balaban J connectivity index is 2.31. The van der Waals surface area contributed by atoms with Crippen molar-refractivity contribution in [2.75, 3.05) is 0 Å². The van der Waals surface area contributed by atoms with Crippen molar-refractivity contribution >= 4 is 16.8 Å². The number of fused-ring (bicyclic) bond motifs is 1. The van der Waals surface area contributed by atoms with Gasteiger partial charge in [0.1, 0.15) is 5.82 Å². The Labute approximate surface area is 113 Å². The lowest BCUT2D eigenvalue weighted by Crippen LogP contribution is -2.47. The van der Waals surface area contributed by atoms with Crippen molar-refractivity contribution in [2.24, 2.45) is 12.8 Å². The number of benzene rings is 1. The van der Waals surface area contributed by atoms with Crippen LogP contribution >= 0.6 is 0 Å². The summed E-state index contributed by atoms with van der Waals surface area (Å²) in [5.74, 6) is 0.846. The number of hydrogen-bond acceptors (Lipinski definition) is 3. The zero-order chi connectivity index (χ0) is 14.0. The van der Waals surface area contributed by atoms with Crippen LogP contribution in [0, 0.1) is 0 Å². The summed E-state index contributed by atoms with van der Waals surface area (Å²) in [5.41, 5.74) is 7.38. The molecule has 0 spiro atoms. The minimum absolute atomic E-state index is 0.0657. The number of aryl methyl sites for hydroxylation is 1. The Kier molecular flexibility index (Phi) is 3.71. The molecule has 1 aromatic carbocycles. The summed E-state index contributed by atoms with van der Waals surface area (Å²) in [6, 6.07) is 7.89. The number of carbonyl (C=O) groups is 1. The zero-order valence-corrected chi connectivity index (χ0v) is 11.8. The molecule has 0 atom stereocenters. The fourth-order valence-electron chi connectivity index (χ4n) is 2.32. The largest absolute Gasteiger partial charge is 0.331 e. The summed E-state index contributed by atoms with van der Waals surface area (Å²) in [5, 5.41) is 0. The number of nitrogens with two attached hydrogens (primary N) is 1. The molecule has 2 N–H and O–H groups in total. The summed E-state index contributed by atoms with van der Waals surface area (Å²) in [6.45, 7) is 3.91. The molecule has 0 aliphatic carbocycles. The van der Waals surface area contributed by atoms with Crippen molar-refractivity contribution in [3.8, 4) is 0 Å². The molecule has 0 saturated carbocycles. The van der Waals surface area contributed by atoms with Crippen LogP contribution in [-0.4, -0.2) is 20.9 Å². The second-order valence-electron chi connectivity index (χ2n) is 5.04.